The fourth-order valence-electron chi connectivity index (χ4n) is 1.87. The van der Waals surface area contributed by atoms with Crippen LogP contribution in [0, 0.1) is 3.57 Å². The third kappa shape index (κ3) is 6.31. The maximum Gasteiger partial charge on any atom is 0.389 e. The highest BCUT2D eigenvalue weighted by atomic mass is 127. The molecular weight excluding hydrogens is 390 g/mol. The van der Waals surface area contributed by atoms with Crippen molar-refractivity contribution < 1.29 is 13.2 Å². The molecule has 0 aliphatic heterocycles. The number of alkyl halides is 3. The molecule has 1 rings (SSSR count). The summed E-state index contributed by atoms with van der Waals surface area (Å²) in [5, 5.41) is 3.84. The molecule has 0 aliphatic carbocycles. The van der Waals surface area contributed by atoms with Gasteiger partial charge < -0.3 is 5.32 Å². The van der Waals surface area contributed by atoms with E-state index in [1.54, 1.807) is 0 Å². The van der Waals surface area contributed by atoms with Gasteiger partial charge in [-0.05, 0) is 59.7 Å². The van der Waals surface area contributed by atoms with E-state index < -0.39 is 12.6 Å². The molecule has 1 nitrogen and oxygen atoms in total. The zero-order chi connectivity index (χ0) is 14.5. The van der Waals surface area contributed by atoms with Gasteiger partial charge in [-0.1, -0.05) is 24.6 Å². The van der Waals surface area contributed by atoms with Crippen molar-refractivity contribution in [1.29, 1.82) is 0 Å². The molecule has 1 N–H and O–H groups in total. The summed E-state index contributed by atoms with van der Waals surface area (Å²) in [5.74, 6) is 0. The van der Waals surface area contributed by atoms with Gasteiger partial charge in [0.05, 0.1) is 5.02 Å². The molecule has 0 saturated carbocycles. The van der Waals surface area contributed by atoms with Crippen LogP contribution >= 0.6 is 34.2 Å². The van der Waals surface area contributed by atoms with Crippen LogP contribution in [0.2, 0.25) is 5.02 Å². The number of hydrogen-bond acceptors (Lipinski definition) is 1. The average molecular weight is 406 g/mol. The minimum absolute atomic E-state index is 0.0816. The molecule has 6 heteroatoms. The summed E-state index contributed by atoms with van der Waals surface area (Å²) in [6.45, 7) is 2.64. The van der Waals surface area contributed by atoms with Crippen molar-refractivity contribution in [3.05, 3.63) is 32.4 Å². The van der Waals surface area contributed by atoms with Crippen LogP contribution in [-0.2, 0) is 0 Å². The molecule has 108 valence electrons. The molecule has 0 fully saturated rings. The zero-order valence-corrected chi connectivity index (χ0v) is 13.4. The second-order valence-corrected chi connectivity index (χ2v) is 5.86. The van der Waals surface area contributed by atoms with Gasteiger partial charge in [0, 0.05) is 16.0 Å². The fraction of sp³-hybridized carbons (Fsp3) is 0.538. The van der Waals surface area contributed by atoms with Crippen molar-refractivity contribution in [1.82, 2.24) is 5.32 Å². The Kier molecular flexibility index (Phi) is 6.90. The first-order valence-electron chi connectivity index (χ1n) is 6.08. The average Bonchev–Trinajstić information content (AvgIpc) is 2.30. The summed E-state index contributed by atoms with van der Waals surface area (Å²) in [6.07, 6.45) is -4.26. The van der Waals surface area contributed by atoms with Gasteiger partial charge in [-0.3, -0.25) is 0 Å². The van der Waals surface area contributed by atoms with E-state index in [9.17, 15) is 13.2 Å². The van der Waals surface area contributed by atoms with E-state index >= 15 is 0 Å². The zero-order valence-electron chi connectivity index (χ0n) is 10.5. The molecule has 1 aromatic carbocycles. The monoisotopic (exact) mass is 405 g/mol. The van der Waals surface area contributed by atoms with Crippen molar-refractivity contribution in [2.75, 3.05) is 6.54 Å². The molecule has 1 aromatic rings. The Balaban J connectivity index is 2.68. The van der Waals surface area contributed by atoms with Crippen molar-refractivity contribution >= 4 is 34.2 Å². The Labute approximate surface area is 130 Å². The van der Waals surface area contributed by atoms with E-state index in [0.717, 1.165) is 9.13 Å². The Hall–Kier alpha value is -0.0100. The van der Waals surface area contributed by atoms with Crippen LogP contribution in [0.1, 0.15) is 37.8 Å². The molecule has 0 aromatic heterocycles. The Morgan fingerprint density at radius 2 is 2.05 bits per heavy atom. The minimum atomic E-state index is -4.08. The van der Waals surface area contributed by atoms with E-state index in [1.165, 1.54) is 0 Å². The Morgan fingerprint density at radius 3 is 2.58 bits per heavy atom. The molecule has 0 bridgehead atoms. The van der Waals surface area contributed by atoms with E-state index in [-0.39, 0.29) is 12.5 Å². The number of halogens is 5. The lowest BCUT2D eigenvalue weighted by Crippen LogP contribution is -2.21. The van der Waals surface area contributed by atoms with E-state index in [2.05, 4.69) is 27.9 Å². The molecule has 0 amide bonds. The molecule has 0 radical (unpaired) electrons. The highest BCUT2D eigenvalue weighted by Gasteiger charge is 2.26. The fourth-order valence-corrected chi connectivity index (χ4v) is 2.39. The van der Waals surface area contributed by atoms with E-state index in [1.807, 2.05) is 25.1 Å². The number of hydrogen-bond donors (Lipinski definition) is 1. The maximum absolute atomic E-state index is 12.2. The maximum atomic E-state index is 12.2. The molecule has 0 heterocycles. The second-order valence-electron chi connectivity index (χ2n) is 4.29. The molecule has 0 saturated heterocycles. The van der Waals surface area contributed by atoms with Crippen LogP contribution in [0.15, 0.2) is 18.2 Å². The third-order valence-corrected chi connectivity index (χ3v) is 4.32. The van der Waals surface area contributed by atoms with E-state index in [0.29, 0.717) is 18.0 Å². The van der Waals surface area contributed by atoms with Gasteiger partial charge in [-0.15, -0.1) is 0 Å². The normalized spacial score (nSPS) is 13.6. The van der Waals surface area contributed by atoms with Crippen LogP contribution in [0.3, 0.4) is 0 Å². The topological polar surface area (TPSA) is 12.0 Å². The first-order chi connectivity index (χ1) is 8.83. The lowest BCUT2D eigenvalue weighted by molar-refractivity contribution is -0.135. The highest BCUT2D eigenvalue weighted by molar-refractivity contribution is 14.1. The molecule has 1 unspecified atom stereocenters. The SMILES string of the molecule is CCNC(CCCC(F)(F)F)c1ccc(I)c(Cl)c1. The number of nitrogens with one attached hydrogen (secondary N) is 1. The lowest BCUT2D eigenvalue weighted by atomic mass is 10.0. The minimum Gasteiger partial charge on any atom is -0.310 e. The predicted molar refractivity (Wildman–Crippen MR) is 80.5 cm³/mol. The molecular formula is C13H16ClF3IN. The summed E-state index contributed by atoms with van der Waals surface area (Å²) in [5.41, 5.74) is 0.939. The van der Waals surface area contributed by atoms with Crippen molar-refractivity contribution in [2.24, 2.45) is 0 Å². The third-order valence-electron chi connectivity index (χ3n) is 2.75. The van der Waals surface area contributed by atoms with Gasteiger partial charge in [-0.2, -0.15) is 13.2 Å². The van der Waals surface area contributed by atoms with Crippen molar-refractivity contribution in [2.45, 2.75) is 38.4 Å². The summed E-state index contributed by atoms with van der Waals surface area (Å²) >= 11 is 8.17. The van der Waals surface area contributed by atoms with Gasteiger partial charge >= 0.3 is 6.18 Å². The smallest absolute Gasteiger partial charge is 0.310 e. The molecule has 19 heavy (non-hydrogen) atoms. The quantitative estimate of drug-likeness (QED) is 0.631. The second kappa shape index (κ2) is 7.69. The summed E-state index contributed by atoms with van der Waals surface area (Å²) in [6, 6.07) is 5.53. The Morgan fingerprint density at radius 1 is 1.37 bits per heavy atom. The van der Waals surface area contributed by atoms with Crippen LogP contribution in [0.5, 0.6) is 0 Å². The van der Waals surface area contributed by atoms with E-state index in [4.69, 9.17) is 11.6 Å². The lowest BCUT2D eigenvalue weighted by Gasteiger charge is -2.19. The molecule has 0 spiro atoms. The van der Waals surface area contributed by atoms with Crippen LogP contribution < -0.4 is 5.32 Å². The van der Waals surface area contributed by atoms with Crippen LogP contribution in [0.4, 0.5) is 13.2 Å². The summed E-state index contributed by atoms with van der Waals surface area (Å²) in [7, 11) is 0. The highest BCUT2D eigenvalue weighted by Crippen LogP contribution is 2.28. The number of benzene rings is 1. The standard InChI is InChI=1S/C13H16ClF3IN/c1-2-19-12(4-3-7-13(15,16)17)9-5-6-11(18)10(14)8-9/h5-6,8,12,19H,2-4,7H2,1H3. The first kappa shape index (κ1) is 17.0. The van der Waals surface area contributed by atoms with Gasteiger partial charge in [0.1, 0.15) is 0 Å². The van der Waals surface area contributed by atoms with Gasteiger partial charge in [-0.25, -0.2) is 0 Å². The molecule has 0 aliphatic rings. The first-order valence-corrected chi connectivity index (χ1v) is 7.54. The van der Waals surface area contributed by atoms with Crippen molar-refractivity contribution in [3.8, 4) is 0 Å². The summed E-state index contributed by atoms with van der Waals surface area (Å²) < 4.78 is 37.4. The van der Waals surface area contributed by atoms with Crippen molar-refractivity contribution in [3.63, 3.8) is 0 Å². The van der Waals surface area contributed by atoms with Crippen LogP contribution in [0.25, 0.3) is 0 Å². The van der Waals surface area contributed by atoms with Gasteiger partial charge in [0.15, 0.2) is 0 Å². The van der Waals surface area contributed by atoms with Gasteiger partial charge in [0.25, 0.3) is 0 Å². The van der Waals surface area contributed by atoms with Gasteiger partial charge in [0.2, 0.25) is 0 Å². The largest absolute Gasteiger partial charge is 0.389 e. The number of rotatable bonds is 6. The Bertz CT molecular complexity index is 409. The van der Waals surface area contributed by atoms with Crippen LogP contribution in [-0.4, -0.2) is 12.7 Å². The molecule has 1 atom stereocenters. The summed E-state index contributed by atoms with van der Waals surface area (Å²) in [4.78, 5) is 0. The predicted octanol–water partition coefficient (Wildman–Crippen LogP) is 5.33.